The quantitative estimate of drug-likeness (QED) is 0.753. The lowest BCUT2D eigenvalue weighted by Gasteiger charge is -2.10. The smallest absolute Gasteiger partial charge is 0.246 e. The first kappa shape index (κ1) is 14.8. The minimum absolute atomic E-state index is 0.0638. The van der Waals surface area contributed by atoms with E-state index < -0.39 is 0 Å². The van der Waals surface area contributed by atoms with E-state index in [1.54, 1.807) is 17.1 Å². The lowest BCUT2D eigenvalue weighted by Crippen LogP contribution is -2.05. The number of aromatic nitrogens is 4. The van der Waals surface area contributed by atoms with Crippen LogP contribution in [0.4, 0.5) is 11.6 Å². The number of nitrogens with one attached hydrogen (secondary N) is 1. The maximum absolute atomic E-state index is 9.42. The van der Waals surface area contributed by atoms with E-state index in [4.69, 9.17) is 4.74 Å². The minimum atomic E-state index is -0.0638. The highest BCUT2D eigenvalue weighted by atomic mass is 16.5. The van der Waals surface area contributed by atoms with E-state index in [0.29, 0.717) is 11.6 Å². The number of hydrogen-bond acceptors (Lipinski definition) is 6. The summed E-state index contributed by atoms with van der Waals surface area (Å²) < 4.78 is 7.21. The van der Waals surface area contributed by atoms with Crippen LogP contribution in [-0.4, -0.2) is 31.0 Å². The van der Waals surface area contributed by atoms with E-state index in [2.05, 4.69) is 20.4 Å². The highest BCUT2D eigenvalue weighted by Crippen LogP contribution is 2.21. The average molecular weight is 311 g/mol. The first-order chi connectivity index (χ1) is 11.1. The molecule has 3 aromatic rings. The van der Waals surface area contributed by atoms with E-state index in [-0.39, 0.29) is 12.0 Å². The molecule has 7 nitrogen and oxygen atoms in total. The van der Waals surface area contributed by atoms with Crippen molar-refractivity contribution in [2.75, 3.05) is 5.32 Å². The Balaban J connectivity index is 1.77. The van der Waals surface area contributed by atoms with Gasteiger partial charge in [-0.2, -0.15) is 4.98 Å². The van der Waals surface area contributed by atoms with Crippen LogP contribution in [0.5, 0.6) is 11.6 Å². The Morgan fingerprint density at radius 3 is 2.83 bits per heavy atom. The van der Waals surface area contributed by atoms with E-state index in [1.807, 2.05) is 38.1 Å². The molecule has 0 amide bonds. The van der Waals surface area contributed by atoms with Crippen molar-refractivity contribution in [2.45, 2.75) is 20.0 Å². The molecule has 118 valence electrons. The third kappa shape index (κ3) is 3.76. The summed E-state index contributed by atoms with van der Waals surface area (Å²) in [5.74, 6) is 1.16. The zero-order valence-electron chi connectivity index (χ0n) is 12.8. The van der Waals surface area contributed by atoms with Crippen LogP contribution in [0.2, 0.25) is 0 Å². The Hall–Kier alpha value is -3.09. The first-order valence-electron chi connectivity index (χ1n) is 7.21. The lowest BCUT2D eigenvalue weighted by atomic mass is 10.3. The SMILES string of the molecule is CC(C)Oc1cccc(Nc2ncn(-c3ccnc(O)c3)n2)c1. The van der Waals surface area contributed by atoms with Crippen molar-refractivity contribution in [1.82, 2.24) is 19.7 Å². The van der Waals surface area contributed by atoms with Gasteiger partial charge in [-0.05, 0) is 32.0 Å². The van der Waals surface area contributed by atoms with Gasteiger partial charge in [-0.1, -0.05) is 6.07 Å². The van der Waals surface area contributed by atoms with Crippen LogP contribution < -0.4 is 10.1 Å². The van der Waals surface area contributed by atoms with Crippen molar-refractivity contribution in [3.05, 3.63) is 48.9 Å². The van der Waals surface area contributed by atoms with Crippen LogP contribution in [-0.2, 0) is 0 Å². The average Bonchev–Trinajstić information content (AvgIpc) is 2.95. The molecule has 23 heavy (non-hydrogen) atoms. The number of ether oxygens (including phenoxy) is 1. The van der Waals surface area contributed by atoms with Gasteiger partial charge in [0.05, 0.1) is 11.8 Å². The molecule has 0 bridgehead atoms. The number of aromatic hydroxyl groups is 1. The molecule has 1 aromatic carbocycles. The summed E-state index contributed by atoms with van der Waals surface area (Å²) in [5, 5.41) is 16.9. The number of benzene rings is 1. The van der Waals surface area contributed by atoms with Crippen LogP contribution in [0, 0.1) is 0 Å². The van der Waals surface area contributed by atoms with Crippen molar-refractivity contribution < 1.29 is 9.84 Å². The molecular formula is C16H17N5O2. The van der Waals surface area contributed by atoms with Gasteiger partial charge in [-0.25, -0.2) is 9.67 Å². The van der Waals surface area contributed by atoms with Gasteiger partial charge in [-0.15, -0.1) is 5.10 Å². The van der Waals surface area contributed by atoms with E-state index in [1.165, 1.54) is 12.3 Å². The van der Waals surface area contributed by atoms with Crippen LogP contribution in [0.1, 0.15) is 13.8 Å². The molecule has 2 heterocycles. The van der Waals surface area contributed by atoms with E-state index >= 15 is 0 Å². The Morgan fingerprint density at radius 1 is 1.17 bits per heavy atom. The Kier molecular flexibility index (Phi) is 4.09. The topological polar surface area (TPSA) is 85.1 Å². The summed E-state index contributed by atoms with van der Waals surface area (Å²) in [6.07, 6.45) is 3.18. The second-order valence-corrected chi connectivity index (χ2v) is 5.20. The Bertz CT molecular complexity index is 800. The van der Waals surface area contributed by atoms with Crippen LogP contribution in [0.15, 0.2) is 48.9 Å². The Morgan fingerprint density at radius 2 is 2.04 bits per heavy atom. The van der Waals surface area contributed by atoms with Gasteiger partial charge in [0.15, 0.2) is 0 Å². The van der Waals surface area contributed by atoms with Crippen LogP contribution in [0.25, 0.3) is 5.69 Å². The Labute approximate surface area is 133 Å². The van der Waals surface area contributed by atoms with Gasteiger partial charge in [0.25, 0.3) is 0 Å². The molecule has 0 fully saturated rings. The number of hydrogen-bond donors (Lipinski definition) is 2. The van der Waals surface area contributed by atoms with Gasteiger partial charge in [-0.3, -0.25) is 0 Å². The van der Waals surface area contributed by atoms with E-state index in [9.17, 15) is 5.11 Å². The molecule has 0 saturated carbocycles. The highest BCUT2D eigenvalue weighted by molar-refractivity contribution is 5.55. The van der Waals surface area contributed by atoms with Crippen LogP contribution in [0.3, 0.4) is 0 Å². The standard InChI is InChI=1S/C16H17N5O2/c1-11(2)23-14-5-3-4-12(8-14)19-16-18-10-21(20-16)13-6-7-17-15(22)9-13/h3-11H,1-2H3,(H,17,22)(H,19,20). The summed E-state index contributed by atoms with van der Waals surface area (Å²) >= 11 is 0. The van der Waals surface area contributed by atoms with Crippen LogP contribution >= 0.6 is 0 Å². The van der Waals surface area contributed by atoms with Gasteiger partial charge in [0.1, 0.15) is 12.1 Å². The van der Waals surface area contributed by atoms with E-state index in [0.717, 1.165) is 11.4 Å². The third-order valence-electron chi connectivity index (χ3n) is 2.95. The second-order valence-electron chi connectivity index (χ2n) is 5.20. The predicted molar refractivity (Wildman–Crippen MR) is 86.3 cm³/mol. The van der Waals surface area contributed by atoms with Crippen molar-refractivity contribution in [3.8, 4) is 17.3 Å². The molecule has 0 radical (unpaired) electrons. The summed E-state index contributed by atoms with van der Waals surface area (Å²) in [4.78, 5) is 7.94. The first-order valence-corrected chi connectivity index (χ1v) is 7.21. The second kappa shape index (κ2) is 6.35. The molecule has 0 aliphatic rings. The maximum Gasteiger partial charge on any atom is 0.246 e. The largest absolute Gasteiger partial charge is 0.493 e. The molecule has 3 rings (SSSR count). The summed E-state index contributed by atoms with van der Waals surface area (Å²) in [7, 11) is 0. The molecular weight excluding hydrogens is 294 g/mol. The number of rotatable bonds is 5. The molecule has 0 atom stereocenters. The fourth-order valence-corrected chi connectivity index (χ4v) is 2.04. The summed E-state index contributed by atoms with van der Waals surface area (Å²) in [5.41, 5.74) is 1.51. The van der Waals surface area contributed by atoms with Gasteiger partial charge in [0.2, 0.25) is 11.8 Å². The van der Waals surface area contributed by atoms with Crippen molar-refractivity contribution >= 4 is 11.6 Å². The molecule has 0 aliphatic carbocycles. The minimum Gasteiger partial charge on any atom is -0.493 e. The third-order valence-corrected chi connectivity index (χ3v) is 2.95. The molecule has 2 aromatic heterocycles. The van der Waals surface area contributed by atoms with Crippen molar-refractivity contribution in [1.29, 1.82) is 0 Å². The molecule has 0 aliphatic heterocycles. The number of nitrogens with zero attached hydrogens (tertiary/aromatic N) is 4. The maximum atomic E-state index is 9.42. The summed E-state index contributed by atoms with van der Waals surface area (Å²) in [6, 6.07) is 10.8. The highest BCUT2D eigenvalue weighted by Gasteiger charge is 2.05. The number of anilines is 2. The molecule has 7 heteroatoms. The molecule has 0 unspecified atom stereocenters. The predicted octanol–water partition coefficient (Wildman–Crippen LogP) is 2.90. The zero-order chi connectivity index (χ0) is 16.2. The van der Waals surface area contributed by atoms with Crippen molar-refractivity contribution in [3.63, 3.8) is 0 Å². The van der Waals surface area contributed by atoms with Crippen molar-refractivity contribution in [2.24, 2.45) is 0 Å². The van der Waals surface area contributed by atoms with Gasteiger partial charge in [0, 0.05) is 24.0 Å². The fraction of sp³-hybridized carbons (Fsp3) is 0.188. The molecule has 0 saturated heterocycles. The van der Waals surface area contributed by atoms with Gasteiger partial charge >= 0.3 is 0 Å². The fourth-order valence-electron chi connectivity index (χ4n) is 2.04. The zero-order valence-corrected chi connectivity index (χ0v) is 12.8. The van der Waals surface area contributed by atoms with Gasteiger partial charge < -0.3 is 15.2 Å². The molecule has 2 N–H and O–H groups in total. The molecule has 0 spiro atoms. The normalized spacial score (nSPS) is 10.7. The summed E-state index contributed by atoms with van der Waals surface area (Å²) in [6.45, 7) is 3.96. The monoisotopic (exact) mass is 311 g/mol. The number of pyridine rings is 1. The lowest BCUT2D eigenvalue weighted by molar-refractivity contribution is 0.242.